The highest BCUT2D eigenvalue weighted by molar-refractivity contribution is 6.30. The SMILES string of the molecule is Nc1nnc(-c2cc(F)c(Cl)cc2F)o1. The molecule has 1 heterocycles. The quantitative estimate of drug-likeness (QED) is 0.765. The van der Waals surface area contributed by atoms with Crippen molar-refractivity contribution in [2.45, 2.75) is 0 Å². The van der Waals surface area contributed by atoms with Crippen molar-refractivity contribution in [3.8, 4) is 11.5 Å². The third-order valence-corrected chi connectivity index (χ3v) is 1.97. The third kappa shape index (κ3) is 1.75. The monoisotopic (exact) mass is 231 g/mol. The Balaban J connectivity index is 2.58. The first-order chi connectivity index (χ1) is 7.08. The van der Waals surface area contributed by atoms with E-state index >= 15 is 0 Å². The molecule has 78 valence electrons. The van der Waals surface area contributed by atoms with E-state index in [2.05, 4.69) is 10.2 Å². The number of hydrogen-bond acceptors (Lipinski definition) is 4. The van der Waals surface area contributed by atoms with E-state index in [1.54, 1.807) is 0 Å². The Kier molecular flexibility index (Phi) is 2.28. The molecule has 0 bridgehead atoms. The maximum absolute atomic E-state index is 13.3. The van der Waals surface area contributed by atoms with E-state index in [4.69, 9.17) is 21.8 Å². The van der Waals surface area contributed by atoms with Crippen LogP contribution in [0.5, 0.6) is 0 Å². The molecule has 7 heteroatoms. The second kappa shape index (κ2) is 3.47. The van der Waals surface area contributed by atoms with Crippen LogP contribution in [0.3, 0.4) is 0 Å². The van der Waals surface area contributed by atoms with Gasteiger partial charge in [-0.15, -0.1) is 5.10 Å². The Hall–Kier alpha value is -1.69. The molecule has 4 nitrogen and oxygen atoms in total. The molecule has 0 aliphatic rings. The first-order valence-corrected chi connectivity index (χ1v) is 4.19. The van der Waals surface area contributed by atoms with Gasteiger partial charge in [0.2, 0.25) is 0 Å². The second-order valence-corrected chi connectivity index (χ2v) is 3.10. The topological polar surface area (TPSA) is 64.9 Å². The van der Waals surface area contributed by atoms with Crippen molar-refractivity contribution in [3.63, 3.8) is 0 Å². The molecule has 2 rings (SSSR count). The molecule has 1 aromatic heterocycles. The fourth-order valence-corrected chi connectivity index (χ4v) is 1.18. The van der Waals surface area contributed by atoms with Gasteiger partial charge in [-0.2, -0.15) is 0 Å². The number of aromatic nitrogens is 2. The number of anilines is 1. The lowest BCUT2D eigenvalue weighted by atomic mass is 10.2. The van der Waals surface area contributed by atoms with Gasteiger partial charge in [0.15, 0.2) is 0 Å². The van der Waals surface area contributed by atoms with Gasteiger partial charge in [-0.3, -0.25) is 0 Å². The molecule has 15 heavy (non-hydrogen) atoms. The van der Waals surface area contributed by atoms with E-state index in [1.807, 2.05) is 0 Å². The van der Waals surface area contributed by atoms with Crippen molar-refractivity contribution in [2.24, 2.45) is 0 Å². The molecule has 0 radical (unpaired) electrons. The summed E-state index contributed by atoms with van der Waals surface area (Å²) in [5.41, 5.74) is 4.97. The Labute approximate surface area is 87.7 Å². The van der Waals surface area contributed by atoms with Crippen molar-refractivity contribution in [2.75, 3.05) is 5.73 Å². The minimum atomic E-state index is -0.773. The molecular weight excluding hydrogens is 228 g/mol. The van der Waals surface area contributed by atoms with E-state index in [-0.39, 0.29) is 22.5 Å². The van der Waals surface area contributed by atoms with Gasteiger partial charge in [0.05, 0.1) is 10.6 Å². The highest BCUT2D eigenvalue weighted by Crippen LogP contribution is 2.26. The van der Waals surface area contributed by atoms with Crippen molar-refractivity contribution in [1.29, 1.82) is 0 Å². The molecule has 1 aromatic carbocycles. The Bertz CT molecular complexity index is 515. The lowest BCUT2D eigenvalue weighted by Gasteiger charge is -1.99. The van der Waals surface area contributed by atoms with Crippen LogP contribution in [0.25, 0.3) is 11.5 Å². The average Bonchev–Trinajstić information content (AvgIpc) is 2.58. The lowest BCUT2D eigenvalue weighted by molar-refractivity contribution is 0.567. The average molecular weight is 232 g/mol. The van der Waals surface area contributed by atoms with Crippen molar-refractivity contribution >= 4 is 17.6 Å². The molecule has 0 spiro atoms. The van der Waals surface area contributed by atoms with Gasteiger partial charge in [-0.25, -0.2) is 8.78 Å². The molecule has 0 saturated carbocycles. The van der Waals surface area contributed by atoms with Crippen molar-refractivity contribution in [1.82, 2.24) is 10.2 Å². The highest BCUT2D eigenvalue weighted by Gasteiger charge is 2.15. The summed E-state index contributed by atoms with van der Waals surface area (Å²) in [6.45, 7) is 0. The number of nitrogens with two attached hydrogens (primary N) is 1. The van der Waals surface area contributed by atoms with Gasteiger partial charge < -0.3 is 10.2 Å². The largest absolute Gasteiger partial charge is 0.403 e. The van der Waals surface area contributed by atoms with Crippen LogP contribution in [0.1, 0.15) is 0 Å². The molecule has 0 saturated heterocycles. The summed E-state index contributed by atoms with van der Waals surface area (Å²) in [5, 5.41) is 6.44. The summed E-state index contributed by atoms with van der Waals surface area (Å²) in [6, 6.07) is 1.47. The summed E-state index contributed by atoms with van der Waals surface area (Å²) in [6.07, 6.45) is 0. The number of nitrogen functional groups attached to an aromatic ring is 1. The molecule has 0 aliphatic heterocycles. The van der Waals surface area contributed by atoms with Crippen molar-refractivity contribution in [3.05, 3.63) is 28.8 Å². The fraction of sp³-hybridized carbons (Fsp3) is 0. The van der Waals surface area contributed by atoms with Crippen LogP contribution in [0, 0.1) is 11.6 Å². The van der Waals surface area contributed by atoms with Crippen LogP contribution in [0.2, 0.25) is 5.02 Å². The van der Waals surface area contributed by atoms with E-state index in [9.17, 15) is 8.78 Å². The number of benzene rings is 1. The van der Waals surface area contributed by atoms with Crippen LogP contribution in [0.15, 0.2) is 16.5 Å². The minimum absolute atomic E-state index is 0.180. The zero-order chi connectivity index (χ0) is 11.0. The molecule has 0 fully saturated rings. The third-order valence-electron chi connectivity index (χ3n) is 1.68. The maximum Gasteiger partial charge on any atom is 0.313 e. The Morgan fingerprint density at radius 1 is 1.20 bits per heavy atom. The van der Waals surface area contributed by atoms with Gasteiger partial charge >= 0.3 is 6.01 Å². The molecule has 0 aliphatic carbocycles. The van der Waals surface area contributed by atoms with Crippen LogP contribution < -0.4 is 5.73 Å². The minimum Gasteiger partial charge on any atom is -0.403 e. The number of halogens is 3. The predicted octanol–water partition coefficient (Wildman–Crippen LogP) is 2.25. The second-order valence-electron chi connectivity index (χ2n) is 2.69. The first kappa shape index (κ1) is 9.85. The van der Waals surface area contributed by atoms with Gasteiger partial charge in [-0.05, 0) is 12.1 Å². The Morgan fingerprint density at radius 2 is 1.93 bits per heavy atom. The standard InChI is InChI=1S/C8H4ClF2N3O/c9-4-2-5(10)3(1-6(4)11)7-13-14-8(12)15-7/h1-2H,(H2,12,14). The number of hydrogen-bond donors (Lipinski definition) is 1. The number of nitrogens with zero attached hydrogens (tertiary/aromatic N) is 2. The Morgan fingerprint density at radius 3 is 2.53 bits per heavy atom. The van der Waals surface area contributed by atoms with Gasteiger partial charge in [0.1, 0.15) is 11.6 Å². The van der Waals surface area contributed by atoms with Crippen molar-refractivity contribution < 1.29 is 13.2 Å². The van der Waals surface area contributed by atoms with E-state index < -0.39 is 11.6 Å². The first-order valence-electron chi connectivity index (χ1n) is 3.82. The predicted molar refractivity (Wildman–Crippen MR) is 49.1 cm³/mol. The smallest absolute Gasteiger partial charge is 0.313 e. The van der Waals surface area contributed by atoms with E-state index in [0.717, 1.165) is 12.1 Å². The fourth-order valence-electron chi connectivity index (χ4n) is 1.03. The molecule has 0 amide bonds. The molecule has 0 atom stereocenters. The highest BCUT2D eigenvalue weighted by atomic mass is 35.5. The van der Waals surface area contributed by atoms with Crippen LogP contribution in [-0.2, 0) is 0 Å². The lowest BCUT2D eigenvalue weighted by Crippen LogP contribution is -1.88. The zero-order valence-corrected chi connectivity index (χ0v) is 7.92. The van der Waals surface area contributed by atoms with E-state index in [1.165, 1.54) is 0 Å². The maximum atomic E-state index is 13.3. The van der Waals surface area contributed by atoms with E-state index in [0.29, 0.717) is 0 Å². The van der Waals surface area contributed by atoms with Gasteiger partial charge in [0.25, 0.3) is 5.89 Å². The summed E-state index contributed by atoms with van der Waals surface area (Å²) in [4.78, 5) is 0. The van der Waals surface area contributed by atoms with Gasteiger partial charge in [0, 0.05) is 0 Å². The summed E-state index contributed by atoms with van der Waals surface area (Å²) in [5.74, 6) is -1.73. The zero-order valence-electron chi connectivity index (χ0n) is 7.17. The van der Waals surface area contributed by atoms with Crippen LogP contribution >= 0.6 is 11.6 Å². The molecule has 2 aromatic rings. The van der Waals surface area contributed by atoms with Crippen LogP contribution in [-0.4, -0.2) is 10.2 Å². The van der Waals surface area contributed by atoms with Crippen LogP contribution in [0.4, 0.5) is 14.8 Å². The number of rotatable bonds is 1. The summed E-state index contributed by atoms with van der Waals surface area (Å²) in [7, 11) is 0. The molecule has 2 N–H and O–H groups in total. The summed E-state index contributed by atoms with van der Waals surface area (Å²) < 4.78 is 31.1. The molecular formula is C8H4ClF2N3O. The summed E-state index contributed by atoms with van der Waals surface area (Å²) >= 11 is 5.37. The van der Waals surface area contributed by atoms with Gasteiger partial charge in [-0.1, -0.05) is 16.7 Å². The normalized spacial score (nSPS) is 10.6. The molecule has 0 unspecified atom stereocenters.